The number of hydrogen-bond donors (Lipinski definition) is 4. The lowest BCUT2D eigenvalue weighted by molar-refractivity contribution is -0.119. The van der Waals surface area contributed by atoms with Crippen LogP contribution < -0.4 is 31.3 Å². The van der Waals surface area contributed by atoms with Crippen LogP contribution in [0.2, 0.25) is 0 Å². The van der Waals surface area contributed by atoms with Crippen LogP contribution in [-0.2, 0) is 9.59 Å². The molecule has 0 radical (unpaired) electrons. The molecule has 0 aliphatic rings. The number of thiocarbonyl (C=S) groups is 1. The van der Waals surface area contributed by atoms with Gasteiger partial charge < -0.3 is 31.3 Å². The molecule has 5 N–H and O–H groups in total. The third-order valence-corrected chi connectivity index (χ3v) is 5.21. The second kappa shape index (κ2) is 18.1. The normalized spacial score (nSPS) is 11.5. The minimum atomic E-state index is -0.419. The van der Waals surface area contributed by atoms with E-state index >= 15 is 0 Å². The van der Waals surface area contributed by atoms with Crippen molar-refractivity contribution in [2.24, 2.45) is 5.73 Å². The van der Waals surface area contributed by atoms with Gasteiger partial charge in [-0.15, -0.1) is 0 Å². The number of hydrogen-bond acceptors (Lipinski definition) is 6. The quantitative estimate of drug-likeness (QED) is 0.164. The van der Waals surface area contributed by atoms with Crippen molar-refractivity contribution in [3.8, 4) is 11.5 Å². The molecule has 0 fully saturated rings. The van der Waals surface area contributed by atoms with Crippen molar-refractivity contribution in [3.05, 3.63) is 59.7 Å². The van der Waals surface area contributed by atoms with E-state index < -0.39 is 11.9 Å². The van der Waals surface area contributed by atoms with Gasteiger partial charge in [0.15, 0.2) is 0 Å². The molecule has 8 nitrogen and oxygen atoms in total. The lowest BCUT2D eigenvalue weighted by Gasteiger charge is -2.21. The molecule has 0 heterocycles. The molecule has 0 spiro atoms. The molecule has 1 unspecified atom stereocenters. The Morgan fingerprint density at radius 1 is 1.19 bits per heavy atom. The highest BCUT2D eigenvalue weighted by Crippen LogP contribution is 2.30. The summed E-state index contributed by atoms with van der Waals surface area (Å²) in [7, 11) is 1.89. The number of benzene rings is 2. The third kappa shape index (κ3) is 11.9. The van der Waals surface area contributed by atoms with Crippen LogP contribution in [0.15, 0.2) is 54.1 Å². The van der Waals surface area contributed by atoms with Crippen LogP contribution in [0.5, 0.6) is 11.5 Å². The molecule has 0 aromatic heterocycles. The largest absolute Gasteiger partial charge is 0.457 e. The summed E-state index contributed by atoms with van der Waals surface area (Å²) in [5.41, 5.74) is 9.49. The molecule has 2 amide bonds. The molecule has 0 aliphatic heterocycles. The highest BCUT2D eigenvalue weighted by molar-refractivity contribution is 7.78. The fraction of sp³-hybridized carbons (Fsp3) is 0.370. The molecule has 2 rings (SSSR count). The summed E-state index contributed by atoms with van der Waals surface area (Å²) in [6.45, 7) is 8.52. The van der Waals surface area contributed by atoms with Crippen molar-refractivity contribution in [1.82, 2.24) is 16.0 Å². The summed E-state index contributed by atoms with van der Waals surface area (Å²) in [4.78, 5) is 24.8. The summed E-state index contributed by atoms with van der Waals surface area (Å²) in [6.07, 6.45) is 3.66. The zero-order chi connectivity index (χ0) is 26.8. The number of carbonyl (C=O) groups excluding carboxylic acids is 2. The topological polar surface area (TPSA) is 109 Å². The minimum absolute atomic E-state index is 0.396. The molecule has 2 aromatic rings. The maximum atomic E-state index is 11.9. The lowest BCUT2D eigenvalue weighted by Crippen LogP contribution is -2.39. The highest BCUT2D eigenvalue weighted by Gasteiger charge is 2.13. The summed E-state index contributed by atoms with van der Waals surface area (Å²) in [5.74, 6) is 0.981. The number of nitrogens with two attached hydrogens (primary N) is 1. The fourth-order valence-corrected chi connectivity index (χ4v) is 3.22. The molecule has 1 atom stereocenters. The fourth-order valence-electron chi connectivity index (χ4n) is 3.05. The van der Waals surface area contributed by atoms with Gasteiger partial charge in [0, 0.05) is 25.7 Å². The van der Waals surface area contributed by atoms with Gasteiger partial charge in [-0.2, -0.15) is 0 Å². The number of nitrogens with zero attached hydrogens (tertiary/aromatic N) is 1. The summed E-state index contributed by atoms with van der Waals surface area (Å²) >= 11 is 4.42. The van der Waals surface area contributed by atoms with Gasteiger partial charge in [0.1, 0.15) is 11.5 Å². The number of anilines is 1. The Kier molecular flexibility index (Phi) is 15.4. The Labute approximate surface area is 220 Å². The molecule has 0 bridgehead atoms. The van der Waals surface area contributed by atoms with E-state index in [1.165, 1.54) is 5.49 Å². The van der Waals surface area contributed by atoms with Crippen molar-refractivity contribution in [3.63, 3.8) is 0 Å². The Bertz CT molecular complexity index is 969. The van der Waals surface area contributed by atoms with E-state index in [1.807, 2.05) is 75.5 Å². The number of carbonyl (C=O) groups is 2. The first-order chi connectivity index (χ1) is 17.4. The monoisotopic (exact) mass is 513 g/mol. The van der Waals surface area contributed by atoms with Gasteiger partial charge in [-0.05, 0) is 70.6 Å². The summed E-state index contributed by atoms with van der Waals surface area (Å²) < 4.78 is 5.97. The van der Waals surface area contributed by atoms with Crippen molar-refractivity contribution in [2.45, 2.75) is 33.2 Å². The van der Waals surface area contributed by atoms with E-state index in [0.717, 1.165) is 48.5 Å². The zero-order valence-corrected chi connectivity index (χ0v) is 22.4. The zero-order valence-electron chi connectivity index (χ0n) is 21.6. The Morgan fingerprint density at radius 2 is 1.92 bits per heavy atom. The first-order valence-electron chi connectivity index (χ1n) is 12.0. The third-order valence-electron chi connectivity index (χ3n) is 5.05. The second-order valence-electron chi connectivity index (χ2n) is 8.06. The van der Waals surface area contributed by atoms with Crippen LogP contribution in [0.3, 0.4) is 0 Å². The summed E-state index contributed by atoms with van der Waals surface area (Å²) in [6, 6.07) is 14.8. The van der Waals surface area contributed by atoms with Crippen LogP contribution in [0.25, 0.3) is 6.08 Å². The molecule has 2 aromatic carbocycles. The average molecular weight is 514 g/mol. The second-order valence-corrected chi connectivity index (χ2v) is 8.30. The number of para-hydroxylation sites is 1. The number of rotatable bonds is 15. The number of ether oxygens (including phenoxy) is 1. The van der Waals surface area contributed by atoms with Gasteiger partial charge in [-0.25, -0.2) is 0 Å². The first kappa shape index (κ1) is 30.8. The predicted octanol–water partition coefficient (Wildman–Crippen LogP) is 3.47. The van der Waals surface area contributed by atoms with E-state index in [-0.39, 0.29) is 0 Å². The van der Waals surface area contributed by atoms with Gasteiger partial charge in [0.2, 0.25) is 12.3 Å². The van der Waals surface area contributed by atoms with Crippen LogP contribution in [0.4, 0.5) is 5.69 Å². The van der Waals surface area contributed by atoms with Crippen molar-refractivity contribution in [1.29, 1.82) is 0 Å². The first-order valence-corrected chi connectivity index (χ1v) is 12.4. The number of primary amides is 1. The van der Waals surface area contributed by atoms with Crippen LogP contribution in [-0.4, -0.2) is 57.1 Å². The molecule has 0 saturated heterocycles. The smallest absolute Gasteiger partial charge is 0.234 e. The Hall–Kier alpha value is -3.27. The molecular formula is C27H39N5O3S. The Morgan fingerprint density at radius 3 is 2.47 bits per heavy atom. The summed E-state index contributed by atoms with van der Waals surface area (Å²) in [5, 5.41) is 8.99. The van der Waals surface area contributed by atoms with Gasteiger partial charge >= 0.3 is 0 Å². The van der Waals surface area contributed by atoms with Gasteiger partial charge in [-0.3, -0.25) is 9.59 Å². The van der Waals surface area contributed by atoms with Crippen LogP contribution in [0.1, 0.15) is 32.8 Å². The highest BCUT2D eigenvalue weighted by atomic mass is 32.1. The lowest BCUT2D eigenvalue weighted by atomic mass is 10.1. The van der Waals surface area contributed by atoms with E-state index in [2.05, 4.69) is 28.2 Å². The van der Waals surface area contributed by atoms with Gasteiger partial charge in [0.05, 0.1) is 17.2 Å². The molecule has 0 saturated carbocycles. The van der Waals surface area contributed by atoms with Crippen molar-refractivity contribution < 1.29 is 14.3 Å². The SMILES string of the molecule is CCNC=S.CNCCCN(C=O)c1cc(Oc2ccccc2)ccc1/C=C(\C)CNC(C)C(N)=O. The van der Waals surface area contributed by atoms with Crippen molar-refractivity contribution in [2.75, 3.05) is 38.1 Å². The molecule has 196 valence electrons. The average Bonchev–Trinajstić information content (AvgIpc) is 2.87. The number of amides is 2. The van der Waals surface area contributed by atoms with E-state index in [1.54, 1.807) is 11.8 Å². The van der Waals surface area contributed by atoms with E-state index in [9.17, 15) is 9.59 Å². The van der Waals surface area contributed by atoms with E-state index in [0.29, 0.717) is 18.8 Å². The molecular weight excluding hydrogens is 474 g/mol. The van der Waals surface area contributed by atoms with Crippen LogP contribution in [0, 0.1) is 0 Å². The van der Waals surface area contributed by atoms with Gasteiger partial charge in [0.25, 0.3) is 0 Å². The standard InChI is InChI=1S/C24H32N4O3.C3H7NS/c1-18(16-27-19(2)24(25)30)14-20-10-11-22(31-21-8-5-4-6-9-21)15-23(20)28(17-29)13-7-12-26-3;1-2-4-3-5/h4-6,8-11,14-15,17,19,26-27H,7,12-13,16H2,1-3H3,(H2,25,30);3H,2H2,1H3,(H,4,5)/b18-14+;. The predicted molar refractivity (Wildman–Crippen MR) is 153 cm³/mol. The maximum Gasteiger partial charge on any atom is 0.234 e. The maximum absolute atomic E-state index is 11.9. The van der Waals surface area contributed by atoms with E-state index in [4.69, 9.17) is 10.5 Å². The molecule has 9 heteroatoms. The van der Waals surface area contributed by atoms with Crippen molar-refractivity contribution >= 4 is 41.8 Å². The molecule has 0 aliphatic carbocycles. The minimum Gasteiger partial charge on any atom is -0.457 e. The Balaban J connectivity index is 0.00000118. The van der Waals surface area contributed by atoms with Gasteiger partial charge in [-0.1, -0.05) is 42.1 Å². The molecule has 36 heavy (non-hydrogen) atoms. The number of nitrogens with one attached hydrogen (secondary N) is 3. The van der Waals surface area contributed by atoms with Crippen LogP contribution >= 0.6 is 12.2 Å².